The molecule has 0 atom stereocenters. The predicted molar refractivity (Wildman–Crippen MR) is 298 cm³/mol. The highest BCUT2D eigenvalue weighted by Crippen LogP contribution is 2.40. The molecule has 0 unspecified atom stereocenters. The molecule has 0 bridgehead atoms. The van der Waals surface area contributed by atoms with Crippen LogP contribution in [-0.2, 0) is 0 Å². The van der Waals surface area contributed by atoms with Crippen LogP contribution in [0, 0.1) is 0 Å². The number of hydrogen-bond acceptors (Lipinski definition) is 6. The summed E-state index contributed by atoms with van der Waals surface area (Å²) in [5, 5.41) is 13.6. The molecule has 3 aromatic heterocycles. The van der Waals surface area contributed by atoms with E-state index in [2.05, 4.69) is 212 Å². The first-order valence-corrected chi connectivity index (χ1v) is 24.2. The molecule has 332 valence electrons. The van der Waals surface area contributed by atoms with Crippen molar-refractivity contribution in [3.05, 3.63) is 231 Å². The summed E-state index contributed by atoms with van der Waals surface area (Å²) in [5.74, 6) is 0. The minimum absolute atomic E-state index is 0.789. The molecule has 72 heavy (non-hydrogen) atoms. The van der Waals surface area contributed by atoms with Gasteiger partial charge < -0.3 is 0 Å². The summed E-state index contributed by atoms with van der Waals surface area (Å²) in [6.45, 7) is 0. The van der Waals surface area contributed by atoms with E-state index in [4.69, 9.17) is 29.9 Å². The second kappa shape index (κ2) is 15.9. The summed E-state index contributed by atoms with van der Waals surface area (Å²) in [4.78, 5) is 31.6. The molecule has 0 saturated heterocycles. The monoisotopic (exact) mass is 914 g/mol. The number of aromatic nitrogens is 6. The van der Waals surface area contributed by atoms with Gasteiger partial charge in [-0.15, -0.1) is 0 Å². The summed E-state index contributed by atoms with van der Waals surface area (Å²) in [6.07, 6.45) is 5.75. The minimum atomic E-state index is 0.789. The third kappa shape index (κ3) is 6.29. The molecule has 12 aromatic carbocycles. The van der Waals surface area contributed by atoms with Crippen molar-refractivity contribution in [3.63, 3.8) is 0 Å². The van der Waals surface area contributed by atoms with Crippen LogP contribution in [0.2, 0.25) is 0 Å². The molecule has 6 nitrogen and oxygen atoms in total. The first-order valence-electron chi connectivity index (χ1n) is 24.2. The highest BCUT2D eigenvalue weighted by atomic mass is 14.8. The SMILES string of the molecule is c1cc(-c2cc(-c3cccc(-c4cnc5c6ccccc6c6ccccc6c5n4)c3)cc(-c3cnc4c5ccccc5c5ccccc5c4n3)c2)cc(-c2cnc3c4ccccc4c4ccccc4c3n2)c1. The molecule has 0 aliphatic heterocycles. The van der Waals surface area contributed by atoms with Gasteiger partial charge in [-0.2, -0.15) is 0 Å². The zero-order chi connectivity index (χ0) is 47.3. The lowest BCUT2D eigenvalue weighted by Crippen LogP contribution is -1.94. The van der Waals surface area contributed by atoms with Gasteiger partial charge in [-0.25, -0.2) is 15.0 Å². The fraction of sp³-hybridized carbons (Fsp3) is 0. The molecule has 0 saturated carbocycles. The van der Waals surface area contributed by atoms with E-state index in [0.717, 1.165) is 127 Å². The second-order valence-corrected chi connectivity index (χ2v) is 18.6. The Morgan fingerprint density at radius 3 is 0.736 bits per heavy atom. The van der Waals surface area contributed by atoms with Crippen molar-refractivity contribution in [2.24, 2.45) is 0 Å². The Morgan fingerprint density at radius 2 is 0.417 bits per heavy atom. The van der Waals surface area contributed by atoms with Crippen LogP contribution in [0.4, 0.5) is 0 Å². The molecule has 0 N–H and O–H groups in total. The standard InChI is InChI=1S/C66H38N6/c1-7-25-52-46(19-1)49-22-4-10-28-55(49)64-61(52)67-36-58(70-64)41-17-13-15-39(31-41)43-33-44(35-45(34-43)60-38-69-63-54-27-9-3-21-48(54)51-24-6-12-30-57(51)66(63)72-60)40-16-14-18-42(32-40)59-37-68-62-53-26-8-2-20-47(53)50-23-5-11-29-56(50)65(62)71-59/h1-38H. The van der Waals surface area contributed by atoms with Crippen LogP contribution in [-0.4, -0.2) is 29.9 Å². The van der Waals surface area contributed by atoms with Crippen molar-refractivity contribution in [1.82, 2.24) is 29.9 Å². The fourth-order valence-corrected chi connectivity index (χ4v) is 11.1. The van der Waals surface area contributed by atoms with Crippen molar-refractivity contribution in [2.45, 2.75) is 0 Å². The molecule has 0 fully saturated rings. The van der Waals surface area contributed by atoms with Crippen LogP contribution in [0.3, 0.4) is 0 Å². The van der Waals surface area contributed by atoms with Gasteiger partial charge in [0.05, 0.1) is 68.8 Å². The quantitative estimate of drug-likeness (QED) is 0.160. The van der Waals surface area contributed by atoms with E-state index in [1.165, 1.54) is 26.9 Å². The molecule has 15 rings (SSSR count). The van der Waals surface area contributed by atoms with Gasteiger partial charge in [0.1, 0.15) is 0 Å². The smallest absolute Gasteiger partial charge is 0.0979 e. The van der Waals surface area contributed by atoms with Gasteiger partial charge in [0, 0.05) is 49.0 Å². The Balaban J connectivity index is 0.908. The number of hydrogen-bond donors (Lipinski definition) is 0. The fourth-order valence-electron chi connectivity index (χ4n) is 11.1. The second-order valence-electron chi connectivity index (χ2n) is 18.6. The van der Waals surface area contributed by atoms with E-state index in [0.29, 0.717) is 0 Å². The molecule has 0 radical (unpaired) electrons. The van der Waals surface area contributed by atoms with Gasteiger partial charge in [-0.3, -0.25) is 15.0 Å². The van der Waals surface area contributed by atoms with Crippen LogP contribution in [0.1, 0.15) is 0 Å². The number of nitrogens with zero attached hydrogens (tertiary/aromatic N) is 6. The third-order valence-corrected chi connectivity index (χ3v) is 14.5. The summed E-state index contributed by atoms with van der Waals surface area (Å²) in [7, 11) is 0. The van der Waals surface area contributed by atoms with Crippen molar-refractivity contribution >= 4 is 97.7 Å². The Hall–Kier alpha value is -9.78. The van der Waals surface area contributed by atoms with Gasteiger partial charge in [-0.1, -0.05) is 182 Å². The molecule has 0 spiro atoms. The van der Waals surface area contributed by atoms with Crippen LogP contribution < -0.4 is 0 Å². The Kier molecular flexibility index (Phi) is 8.86. The lowest BCUT2D eigenvalue weighted by molar-refractivity contribution is 1.30. The van der Waals surface area contributed by atoms with Crippen LogP contribution in [0.5, 0.6) is 0 Å². The van der Waals surface area contributed by atoms with Crippen LogP contribution in [0.25, 0.3) is 154 Å². The average Bonchev–Trinajstić information content (AvgIpc) is 3.47. The Morgan fingerprint density at radius 1 is 0.181 bits per heavy atom. The van der Waals surface area contributed by atoms with E-state index in [9.17, 15) is 0 Å². The molecule has 0 aliphatic carbocycles. The maximum Gasteiger partial charge on any atom is 0.0979 e. The topological polar surface area (TPSA) is 77.3 Å². The van der Waals surface area contributed by atoms with Gasteiger partial charge in [0.15, 0.2) is 0 Å². The lowest BCUT2D eigenvalue weighted by Gasteiger charge is -2.14. The van der Waals surface area contributed by atoms with Gasteiger partial charge in [0.25, 0.3) is 0 Å². The van der Waals surface area contributed by atoms with Crippen LogP contribution in [0.15, 0.2) is 231 Å². The van der Waals surface area contributed by atoms with Gasteiger partial charge in [0.2, 0.25) is 0 Å². The van der Waals surface area contributed by atoms with Crippen molar-refractivity contribution in [1.29, 1.82) is 0 Å². The summed E-state index contributed by atoms with van der Waals surface area (Å²) in [5.41, 5.74) is 14.8. The molecule has 3 heterocycles. The third-order valence-electron chi connectivity index (χ3n) is 14.5. The highest BCUT2D eigenvalue weighted by molar-refractivity contribution is 6.25. The highest BCUT2D eigenvalue weighted by Gasteiger charge is 2.18. The van der Waals surface area contributed by atoms with Crippen LogP contribution >= 0.6 is 0 Å². The maximum atomic E-state index is 5.48. The first kappa shape index (κ1) is 40.1. The zero-order valence-corrected chi connectivity index (χ0v) is 38.6. The van der Waals surface area contributed by atoms with Gasteiger partial charge >= 0.3 is 0 Å². The number of rotatable bonds is 5. The van der Waals surface area contributed by atoms with E-state index in [-0.39, 0.29) is 0 Å². The number of benzene rings is 12. The van der Waals surface area contributed by atoms with Crippen molar-refractivity contribution < 1.29 is 0 Å². The molecule has 0 amide bonds. The van der Waals surface area contributed by atoms with E-state index < -0.39 is 0 Å². The predicted octanol–water partition coefficient (Wildman–Crippen LogP) is 16.8. The Bertz CT molecular complexity index is 4450. The molecular formula is C66H38N6. The molecular weight excluding hydrogens is 877 g/mol. The molecule has 15 aromatic rings. The summed E-state index contributed by atoms with van der Waals surface area (Å²) >= 11 is 0. The molecule has 6 heteroatoms. The lowest BCUT2D eigenvalue weighted by atomic mass is 9.93. The van der Waals surface area contributed by atoms with E-state index in [1.54, 1.807) is 0 Å². The average molecular weight is 915 g/mol. The Labute approximate surface area is 412 Å². The van der Waals surface area contributed by atoms with E-state index >= 15 is 0 Å². The largest absolute Gasteiger partial charge is 0.252 e. The van der Waals surface area contributed by atoms with Crippen molar-refractivity contribution in [2.75, 3.05) is 0 Å². The van der Waals surface area contributed by atoms with Gasteiger partial charge in [-0.05, 0) is 84.9 Å². The minimum Gasteiger partial charge on any atom is -0.252 e. The van der Waals surface area contributed by atoms with E-state index in [1.807, 2.05) is 18.6 Å². The van der Waals surface area contributed by atoms with Crippen molar-refractivity contribution in [3.8, 4) is 56.0 Å². The first-order chi connectivity index (χ1) is 35.7. The number of fused-ring (bicyclic) bond motifs is 18. The normalized spacial score (nSPS) is 11.9. The summed E-state index contributed by atoms with van der Waals surface area (Å²) < 4.78 is 0. The zero-order valence-electron chi connectivity index (χ0n) is 38.6. The maximum absolute atomic E-state index is 5.48. The summed E-state index contributed by atoms with van der Waals surface area (Å²) in [6, 6.07) is 74.9. The molecule has 0 aliphatic rings.